The van der Waals surface area contributed by atoms with Crippen LogP contribution in [0.3, 0.4) is 0 Å². The van der Waals surface area contributed by atoms with Crippen LogP contribution in [0.2, 0.25) is 10.0 Å². The Labute approximate surface area is 269 Å². The van der Waals surface area contributed by atoms with E-state index in [0.29, 0.717) is 29.1 Å². The van der Waals surface area contributed by atoms with Crippen molar-refractivity contribution in [3.8, 4) is 0 Å². The van der Waals surface area contributed by atoms with Crippen molar-refractivity contribution >= 4 is 46.6 Å². The highest BCUT2D eigenvalue weighted by Gasteiger charge is 2.78. The van der Waals surface area contributed by atoms with E-state index < -0.39 is 65.4 Å². The molecule has 242 valence electrons. The van der Waals surface area contributed by atoms with Crippen molar-refractivity contribution in [1.82, 2.24) is 15.5 Å². The molecule has 2 saturated heterocycles. The van der Waals surface area contributed by atoms with Gasteiger partial charge in [0.15, 0.2) is 0 Å². The first-order valence-corrected chi connectivity index (χ1v) is 15.7. The topological polar surface area (TPSA) is 99.8 Å². The number of carbonyl (C=O) groups is 3. The lowest BCUT2D eigenvalue weighted by atomic mass is 9.46. The smallest absolute Gasteiger partial charge is 0.238 e. The molecule has 2 spiro atoms. The molecule has 3 fully saturated rings. The summed E-state index contributed by atoms with van der Waals surface area (Å²) in [5, 5.41) is 9.37. The lowest BCUT2D eigenvalue weighted by molar-refractivity contribution is -0.134. The third-order valence-corrected chi connectivity index (χ3v) is 10.7. The standard InChI is InChI=1S/C32H35Cl2F3N4O4/c1-41(2)24(42)11-19-8-7-18(12-45-19)38-28(43)27-25(20-4-3-5-22(34)26(20)37)32(31(40-27)13-30(14-31,15-35)16-36)21-9-6-17(33)10-23(21)39-29(32)44/h3-6,9-10,18-19,25,27,40H,7-8,11-16H2,1-2H3,(H,38,43)(H,39,44)/t18-,19+,25+,27-,32-/m1/s1. The molecule has 5 atom stereocenters. The molecule has 13 heteroatoms. The summed E-state index contributed by atoms with van der Waals surface area (Å²) in [5.41, 5.74) is -3.39. The maximum atomic E-state index is 16.0. The van der Waals surface area contributed by atoms with E-state index in [1.807, 2.05) is 0 Å². The predicted molar refractivity (Wildman–Crippen MR) is 163 cm³/mol. The zero-order valence-corrected chi connectivity index (χ0v) is 26.4. The van der Waals surface area contributed by atoms with Crippen LogP contribution < -0.4 is 16.0 Å². The number of hydrogen-bond acceptors (Lipinski definition) is 5. The second-order valence-electron chi connectivity index (χ2n) is 13.1. The fourth-order valence-corrected chi connectivity index (χ4v) is 8.46. The average molecular weight is 668 g/mol. The van der Waals surface area contributed by atoms with Crippen molar-refractivity contribution in [1.29, 1.82) is 0 Å². The van der Waals surface area contributed by atoms with E-state index in [1.165, 1.54) is 17.0 Å². The lowest BCUT2D eigenvalue weighted by Gasteiger charge is -2.59. The van der Waals surface area contributed by atoms with Crippen LogP contribution in [0.5, 0.6) is 0 Å². The molecule has 3 aliphatic heterocycles. The van der Waals surface area contributed by atoms with Crippen LogP contribution in [0, 0.1) is 11.2 Å². The highest BCUT2D eigenvalue weighted by atomic mass is 35.5. The first-order chi connectivity index (χ1) is 21.4. The van der Waals surface area contributed by atoms with Crippen molar-refractivity contribution < 1.29 is 32.3 Å². The van der Waals surface area contributed by atoms with Gasteiger partial charge in [-0.25, -0.2) is 4.39 Å². The first-order valence-electron chi connectivity index (χ1n) is 15.0. The number of amides is 3. The number of nitrogens with one attached hydrogen (secondary N) is 3. The molecular weight excluding hydrogens is 632 g/mol. The molecule has 4 aliphatic rings. The Morgan fingerprint density at radius 1 is 1.11 bits per heavy atom. The number of fused-ring (bicyclic) bond motifs is 3. The van der Waals surface area contributed by atoms with Crippen LogP contribution in [0.1, 0.15) is 49.1 Å². The Morgan fingerprint density at radius 2 is 1.84 bits per heavy atom. The Hall–Kier alpha value is -2.86. The van der Waals surface area contributed by atoms with Crippen LogP contribution in [0.4, 0.5) is 18.9 Å². The highest BCUT2D eigenvalue weighted by Crippen LogP contribution is 2.68. The SMILES string of the molecule is CN(C)C(=O)C[C@@H]1CC[C@@H](NC(=O)[C@@H]2NC3(CC(CF)(CF)C3)[C@@]3(C(=O)Nc4cc(Cl)ccc43)[C@H]2c2cccc(Cl)c2F)CO1. The molecule has 3 heterocycles. The first kappa shape index (κ1) is 32.1. The molecule has 3 amide bonds. The van der Waals surface area contributed by atoms with E-state index in [2.05, 4.69) is 16.0 Å². The van der Waals surface area contributed by atoms with Gasteiger partial charge in [0.2, 0.25) is 17.7 Å². The van der Waals surface area contributed by atoms with Crippen LogP contribution in [-0.4, -0.2) is 80.4 Å². The van der Waals surface area contributed by atoms with Crippen molar-refractivity contribution in [2.45, 2.75) is 67.2 Å². The zero-order valence-electron chi connectivity index (χ0n) is 24.9. The molecule has 0 bridgehead atoms. The third kappa shape index (κ3) is 5.01. The van der Waals surface area contributed by atoms with E-state index in [4.69, 9.17) is 27.9 Å². The Kier molecular flexibility index (Phi) is 8.37. The fraction of sp³-hybridized carbons (Fsp3) is 0.531. The summed E-state index contributed by atoms with van der Waals surface area (Å²) in [6.45, 7) is -1.75. The van der Waals surface area contributed by atoms with Gasteiger partial charge in [0.25, 0.3) is 0 Å². The van der Waals surface area contributed by atoms with Crippen molar-refractivity contribution in [2.24, 2.45) is 5.41 Å². The van der Waals surface area contributed by atoms with Gasteiger partial charge < -0.3 is 20.3 Å². The molecule has 3 N–H and O–H groups in total. The lowest BCUT2D eigenvalue weighted by Crippen LogP contribution is -2.70. The van der Waals surface area contributed by atoms with Crippen LogP contribution in [-0.2, 0) is 24.5 Å². The number of halogens is 5. The van der Waals surface area contributed by atoms with E-state index in [-0.39, 0.29) is 48.5 Å². The normalized spacial score (nSPS) is 29.3. The van der Waals surface area contributed by atoms with Gasteiger partial charge in [-0.1, -0.05) is 41.4 Å². The second kappa shape index (κ2) is 11.7. The summed E-state index contributed by atoms with van der Waals surface area (Å²) in [6, 6.07) is 7.64. The summed E-state index contributed by atoms with van der Waals surface area (Å²) in [4.78, 5) is 42.2. The second-order valence-corrected chi connectivity index (χ2v) is 14.0. The largest absolute Gasteiger partial charge is 0.376 e. The molecular formula is C32H35Cl2F3N4O4. The molecule has 45 heavy (non-hydrogen) atoms. The zero-order chi connectivity index (χ0) is 32.3. The third-order valence-electron chi connectivity index (χ3n) is 10.1. The van der Waals surface area contributed by atoms with Gasteiger partial charge in [0, 0.05) is 41.7 Å². The number of anilines is 1. The molecule has 2 aromatic carbocycles. The number of nitrogens with zero attached hydrogens (tertiary/aromatic N) is 1. The quantitative estimate of drug-likeness (QED) is 0.399. The highest BCUT2D eigenvalue weighted by molar-refractivity contribution is 6.31. The summed E-state index contributed by atoms with van der Waals surface area (Å²) < 4.78 is 50.6. The molecule has 1 saturated carbocycles. The number of alkyl halides is 2. The molecule has 8 nitrogen and oxygen atoms in total. The number of carbonyl (C=O) groups excluding carboxylic acids is 3. The van der Waals surface area contributed by atoms with Crippen LogP contribution >= 0.6 is 23.2 Å². The van der Waals surface area contributed by atoms with Gasteiger partial charge >= 0.3 is 0 Å². The van der Waals surface area contributed by atoms with Gasteiger partial charge in [-0.2, -0.15) is 0 Å². The van der Waals surface area contributed by atoms with Gasteiger partial charge in [0.05, 0.1) is 49.6 Å². The number of rotatable bonds is 7. The summed E-state index contributed by atoms with van der Waals surface area (Å²) in [5.74, 6) is -3.03. The molecule has 1 aliphatic carbocycles. The molecule has 6 rings (SSSR count). The molecule has 0 radical (unpaired) electrons. The van der Waals surface area contributed by atoms with Gasteiger partial charge in [-0.3, -0.25) is 28.5 Å². The average Bonchev–Trinajstić information content (AvgIpc) is 3.46. The summed E-state index contributed by atoms with van der Waals surface area (Å²) in [7, 11) is 3.35. The Morgan fingerprint density at radius 3 is 2.49 bits per heavy atom. The summed E-state index contributed by atoms with van der Waals surface area (Å²) in [6.07, 6.45) is 0.813. The van der Waals surface area contributed by atoms with Gasteiger partial charge in [-0.15, -0.1) is 0 Å². The predicted octanol–water partition coefficient (Wildman–Crippen LogP) is 4.68. The minimum absolute atomic E-state index is 0.0325. The van der Waals surface area contributed by atoms with Crippen LogP contribution in [0.15, 0.2) is 36.4 Å². The fourth-order valence-electron chi connectivity index (χ4n) is 8.11. The number of benzene rings is 2. The van der Waals surface area contributed by atoms with E-state index in [0.717, 1.165) is 0 Å². The van der Waals surface area contributed by atoms with Gasteiger partial charge in [0.1, 0.15) is 11.2 Å². The number of hydrogen-bond donors (Lipinski definition) is 3. The van der Waals surface area contributed by atoms with E-state index in [1.54, 1.807) is 38.4 Å². The Balaban J connectivity index is 1.40. The van der Waals surface area contributed by atoms with E-state index in [9.17, 15) is 23.2 Å². The molecule has 0 aromatic heterocycles. The molecule has 0 unspecified atom stereocenters. The minimum Gasteiger partial charge on any atom is -0.376 e. The van der Waals surface area contributed by atoms with Crippen LogP contribution in [0.25, 0.3) is 0 Å². The number of ether oxygens (including phenoxy) is 1. The maximum absolute atomic E-state index is 16.0. The maximum Gasteiger partial charge on any atom is 0.238 e. The monoisotopic (exact) mass is 666 g/mol. The summed E-state index contributed by atoms with van der Waals surface area (Å²) >= 11 is 12.5. The van der Waals surface area contributed by atoms with Crippen molar-refractivity contribution in [2.75, 3.05) is 39.4 Å². The molecule has 2 aromatic rings. The van der Waals surface area contributed by atoms with Crippen molar-refractivity contribution in [3.63, 3.8) is 0 Å². The minimum atomic E-state index is -1.63. The van der Waals surface area contributed by atoms with Gasteiger partial charge in [-0.05, 0) is 55.0 Å². The Bertz CT molecular complexity index is 1520. The van der Waals surface area contributed by atoms with E-state index >= 15 is 4.39 Å². The van der Waals surface area contributed by atoms with Crippen molar-refractivity contribution in [3.05, 3.63) is 63.4 Å².